The van der Waals surface area contributed by atoms with Crippen LogP contribution in [0.3, 0.4) is 0 Å². The van der Waals surface area contributed by atoms with Gasteiger partial charge in [-0.25, -0.2) is 0 Å². The molecule has 1 heterocycles. The zero-order valence-corrected chi connectivity index (χ0v) is 8.42. The summed E-state index contributed by atoms with van der Waals surface area (Å²) in [5, 5.41) is 3.44. The predicted molar refractivity (Wildman–Crippen MR) is 57.2 cm³/mol. The van der Waals surface area contributed by atoms with Crippen molar-refractivity contribution < 1.29 is 4.74 Å². The maximum Gasteiger partial charge on any atom is 0.0811 e. The number of hydrogen-bond acceptors (Lipinski definition) is 3. The molecule has 1 aliphatic rings. The van der Waals surface area contributed by atoms with Crippen LogP contribution in [-0.2, 0) is 11.3 Å². The minimum atomic E-state index is 0.115. The van der Waals surface area contributed by atoms with Crippen molar-refractivity contribution in [1.29, 1.82) is 0 Å². The number of rotatable bonds is 3. The van der Waals surface area contributed by atoms with Gasteiger partial charge in [-0.2, -0.15) is 0 Å². The molecule has 2 rings (SSSR count). The topological polar surface area (TPSA) is 47.3 Å². The number of nitrogens with two attached hydrogens (primary N) is 1. The van der Waals surface area contributed by atoms with Gasteiger partial charge in [-0.15, -0.1) is 0 Å². The van der Waals surface area contributed by atoms with Crippen molar-refractivity contribution in [3.05, 3.63) is 29.8 Å². The molecule has 3 heteroatoms. The van der Waals surface area contributed by atoms with Gasteiger partial charge in [0, 0.05) is 12.2 Å². The van der Waals surface area contributed by atoms with Crippen LogP contribution >= 0.6 is 0 Å². The molecule has 0 aliphatic carbocycles. The van der Waals surface area contributed by atoms with Crippen molar-refractivity contribution in [2.24, 2.45) is 5.73 Å². The van der Waals surface area contributed by atoms with Crippen LogP contribution in [0.15, 0.2) is 24.3 Å². The fourth-order valence-corrected chi connectivity index (χ4v) is 1.55. The summed E-state index contributed by atoms with van der Waals surface area (Å²) < 4.78 is 5.17. The average molecular weight is 192 g/mol. The second-order valence-electron chi connectivity index (χ2n) is 4.08. The normalized spacial score (nSPS) is 18.7. The molecule has 0 bridgehead atoms. The maximum atomic E-state index is 5.52. The van der Waals surface area contributed by atoms with E-state index in [9.17, 15) is 0 Å². The van der Waals surface area contributed by atoms with Gasteiger partial charge in [0.15, 0.2) is 0 Å². The van der Waals surface area contributed by atoms with E-state index >= 15 is 0 Å². The van der Waals surface area contributed by atoms with Crippen LogP contribution in [0.25, 0.3) is 0 Å². The molecule has 3 nitrogen and oxygen atoms in total. The molecular weight excluding hydrogens is 176 g/mol. The van der Waals surface area contributed by atoms with Gasteiger partial charge in [0.1, 0.15) is 0 Å². The highest BCUT2D eigenvalue weighted by atomic mass is 16.5. The molecule has 1 aromatic rings. The van der Waals surface area contributed by atoms with Gasteiger partial charge >= 0.3 is 0 Å². The molecule has 0 saturated carbocycles. The predicted octanol–water partition coefficient (Wildman–Crippen LogP) is 1.35. The first-order valence-corrected chi connectivity index (χ1v) is 4.87. The van der Waals surface area contributed by atoms with E-state index in [0.717, 1.165) is 24.5 Å². The zero-order chi connectivity index (χ0) is 10.0. The highest BCUT2D eigenvalue weighted by Crippen LogP contribution is 2.22. The highest BCUT2D eigenvalue weighted by molar-refractivity contribution is 5.47. The van der Waals surface area contributed by atoms with E-state index < -0.39 is 0 Å². The van der Waals surface area contributed by atoms with Crippen molar-refractivity contribution >= 4 is 5.69 Å². The zero-order valence-electron chi connectivity index (χ0n) is 8.42. The first-order valence-electron chi connectivity index (χ1n) is 4.87. The molecule has 1 aliphatic heterocycles. The number of ether oxygens (including phenoxy) is 1. The Morgan fingerprint density at radius 3 is 2.43 bits per heavy atom. The Morgan fingerprint density at radius 1 is 1.36 bits per heavy atom. The molecule has 0 spiro atoms. The molecular formula is C11H16N2O. The van der Waals surface area contributed by atoms with Gasteiger partial charge in [-0.1, -0.05) is 12.1 Å². The first kappa shape index (κ1) is 9.49. The Morgan fingerprint density at radius 2 is 2.00 bits per heavy atom. The number of benzene rings is 1. The Labute approximate surface area is 84.3 Å². The fraction of sp³-hybridized carbons (Fsp3) is 0.455. The van der Waals surface area contributed by atoms with E-state index in [1.807, 2.05) is 12.1 Å². The average Bonchev–Trinajstić information content (AvgIpc) is 2.17. The minimum Gasteiger partial charge on any atom is -0.376 e. The third kappa shape index (κ3) is 1.89. The van der Waals surface area contributed by atoms with E-state index in [1.54, 1.807) is 0 Å². The van der Waals surface area contributed by atoms with Crippen molar-refractivity contribution in [2.45, 2.75) is 19.0 Å². The molecule has 76 valence electrons. The number of hydrogen-bond donors (Lipinski definition) is 2. The molecule has 0 amide bonds. The maximum absolute atomic E-state index is 5.52. The van der Waals surface area contributed by atoms with Gasteiger partial charge in [0.2, 0.25) is 0 Å². The van der Waals surface area contributed by atoms with E-state index in [-0.39, 0.29) is 5.54 Å². The van der Waals surface area contributed by atoms with Crippen molar-refractivity contribution in [1.82, 2.24) is 0 Å². The third-order valence-electron chi connectivity index (χ3n) is 2.48. The van der Waals surface area contributed by atoms with Crippen LogP contribution in [0, 0.1) is 0 Å². The second-order valence-corrected chi connectivity index (χ2v) is 4.08. The number of nitrogens with one attached hydrogen (secondary N) is 1. The quantitative estimate of drug-likeness (QED) is 0.760. The summed E-state index contributed by atoms with van der Waals surface area (Å²) in [5.41, 5.74) is 7.93. The van der Waals surface area contributed by atoms with Crippen molar-refractivity contribution in [2.75, 3.05) is 18.5 Å². The summed E-state index contributed by atoms with van der Waals surface area (Å²) in [6.45, 7) is 4.32. The van der Waals surface area contributed by atoms with Gasteiger partial charge < -0.3 is 15.8 Å². The molecule has 0 radical (unpaired) electrons. The van der Waals surface area contributed by atoms with Crippen LogP contribution in [0.2, 0.25) is 0 Å². The van der Waals surface area contributed by atoms with Gasteiger partial charge in [-0.3, -0.25) is 0 Å². The lowest BCUT2D eigenvalue weighted by Crippen LogP contribution is -2.53. The molecule has 0 atom stereocenters. The summed E-state index contributed by atoms with van der Waals surface area (Å²) in [7, 11) is 0. The molecule has 1 fully saturated rings. The lowest BCUT2D eigenvalue weighted by molar-refractivity contribution is -0.0318. The summed E-state index contributed by atoms with van der Waals surface area (Å²) in [4.78, 5) is 0. The van der Waals surface area contributed by atoms with Crippen LogP contribution in [0.4, 0.5) is 5.69 Å². The SMILES string of the molecule is CC1(Nc2ccc(CN)cc2)COC1. The first-order chi connectivity index (χ1) is 6.72. The Hall–Kier alpha value is -1.06. The second kappa shape index (κ2) is 3.59. The summed E-state index contributed by atoms with van der Waals surface area (Å²) in [5.74, 6) is 0. The lowest BCUT2D eigenvalue weighted by atomic mass is 10.00. The van der Waals surface area contributed by atoms with E-state index in [4.69, 9.17) is 10.5 Å². The fourth-order valence-electron chi connectivity index (χ4n) is 1.55. The molecule has 0 unspecified atom stereocenters. The van der Waals surface area contributed by atoms with E-state index in [0.29, 0.717) is 6.54 Å². The minimum absolute atomic E-state index is 0.115. The smallest absolute Gasteiger partial charge is 0.0811 e. The summed E-state index contributed by atoms with van der Waals surface area (Å²) >= 11 is 0. The molecule has 3 N–H and O–H groups in total. The molecule has 0 aromatic heterocycles. The Kier molecular flexibility index (Phi) is 2.44. The lowest BCUT2D eigenvalue weighted by Gasteiger charge is -2.39. The van der Waals surface area contributed by atoms with Crippen LogP contribution < -0.4 is 11.1 Å². The van der Waals surface area contributed by atoms with Crippen LogP contribution in [-0.4, -0.2) is 18.8 Å². The van der Waals surface area contributed by atoms with Crippen LogP contribution in [0.5, 0.6) is 0 Å². The number of anilines is 1. The third-order valence-corrected chi connectivity index (χ3v) is 2.48. The van der Waals surface area contributed by atoms with Crippen molar-refractivity contribution in [3.63, 3.8) is 0 Å². The Bertz CT molecular complexity index is 304. The van der Waals surface area contributed by atoms with Gasteiger partial charge in [0.05, 0.1) is 18.8 Å². The van der Waals surface area contributed by atoms with Gasteiger partial charge in [0.25, 0.3) is 0 Å². The molecule has 1 aromatic carbocycles. The largest absolute Gasteiger partial charge is 0.376 e. The molecule has 14 heavy (non-hydrogen) atoms. The summed E-state index contributed by atoms with van der Waals surface area (Å²) in [6, 6.07) is 8.22. The summed E-state index contributed by atoms with van der Waals surface area (Å²) in [6.07, 6.45) is 0. The Balaban J connectivity index is 2.02. The standard InChI is InChI=1S/C11H16N2O/c1-11(7-14-8-11)13-10-4-2-9(6-12)3-5-10/h2-5,13H,6-8,12H2,1H3. The monoisotopic (exact) mass is 192 g/mol. The molecule has 1 saturated heterocycles. The van der Waals surface area contributed by atoms with Crippen molar-refractivity contribution in [3.8, 4) is 0 Å². The van der Waals surface area contributed by atoms with Gasteiger partial charge in [-0.05, 0) is 24.6 Å². The van der Waals surface area contributed by atoms with E-state index in [2.05, 4.69) is 24.4 Å². The highest BCUT2D eigenvalue weighted by Gasteiger charge is 2.32. The van der Waals surface area contributed by atoms with E-state index in [1.165, 1.54) is 0 Å². The van der Waals surface area contributed by atoms with Crippen LogP contribution in [0.1, 0.15) is 12.5 Å².